The lowest BCUT2D eigenvalue weighted by Crippen LogP contribution is -2.51. The van der Waals surface area contributed by atoms with E-state index in [9.17, 15) is 9.90 Å². The van der Waals surface area contributed by atoms with Crippen molar-refractivity contribution in [2.75, 3.05) is 6.54 Å². The summed E-state index contributed by atoms with van der Waals surface area (Å²) in [5, 5.41) is 14.7. The number of benzene rings is 1. The van der Waals surface area contributed by atoms with Crippen LogP contribution in [-0.2, 0) is 5.54 Å². The van der Waals surface area contributed by atoms with Crippen LogP contribution < -0.4 is 0 Å². The van der Waals surface area contributed by atoms with Crippen LogP contribution in [0.1, 0.15) is 38.3 Å². The fourth-order valence-corrected chi connectivity index (χ4v) is 3.68. The van der Waals surface area contributed by atoms with Gasteiger partial charge in [0, 0.05) is 16.4 Å². The summed E-state index contributed by atoms with van der Waals surface area (Å²) in [6.07, 6.45) is 2.49. The van der Waals surface area contributed by atoms with Crippen molar-refractivity contribution < 1.29 is 14.4 Å². The largest absolute Gasteiger partial charge is 0.465 e. The number of nitrogens with zero attached hydrogens (tertiary/aromatic N) is 2. The second kappa shape index (κ2) is 5.33. The Kier molecular flexibility index (Phi) is 3.65. The van der Waals surface area contributed by atoms with Crippen molar-refractivity contribution in [2.45, 2.75) is 38.1 Å². The van der Waals surface area contributed by atoms with E-state index in [-0.39, 0.29) is 0 Å². The van der Waals surface area contributed by atoms with Gasteiger partial charge < -0.3 is 9.63 Å². The molecule has 1 atom stereocenters. The molecule has 1 saturated heterocycles. The van der Waals surface area contributed by atoms with Crippen molar-refractivity contribution in [2.24, 2.45) is 0 Å². The van der Waals surface area contributed by atoms with E-state index in [4.69, 9.17) is 4.52 Å². The van der Waals surface area contributed by atoms with Crippen LogP contribution >= 0.6 is 15.9 Å². The molecule has 1 unspecified atom stereocenters. The number of rotatable bonds is 2. The van der Waals surface area contributed by atoms with Crippen molar-refractivity contribution in [3.63, 3.8) is 0 Å². The summed E-state index contributed by atoms with van der Waals surface area (Å²) in [4.78, 5) is 13.2. The fraction of sp³-hybridized carbons (Fsp3) is 0.467. The Hall–Kier alpha value is -1.56. The first-order valence-electron chi connectivity index (χ1n) is 7.14. The summed E-state index contributed by atoms with van der Waals surface area (Å²) < 4.78 is 6.36. The molecule has 1 amide bonds. The van der Waals surface area contributed by atoms with Gasteiger partial charge in [-0.2, -0.15) is 0 Å². The zero-order chi connectivity index (χ0) is 15.0. The lowest BCUT2D eigenvalue weighted by molar-refractivity contribution is 0.0379. The van der Waals surface area contributed by atoms with Gasteiger partial charge in [0.25, 0.3) is 0 Å². The molecule has 2 aromatic rings. The number of carbonyl (C=O) groups is 1. The van der Waals surface area contributed by atoms with Gasteiger partial charge in [-0.3, -0.25) is 4.90 Å². The van der Waals surface area contributed by atoms with Gasteiger partial charge in [-0.1, -0.05) is 28.0 Å². The third kappa shape index (κ3) is 2.21. The number of hydrogen-bond acceptors (Lipinski definition) is 3. The highest BCUT2D eigenvalue weighted by Crippen LogP contribution is 2.43. The van der Waals surface area contributed by atoms with Gasteiger partial charge in [0.1, 0.15) is 5.69 Å². The second-order valence-electron chi connectivity index (χ2n) is 5.45. The molecule has 5 nitrogen and oxygen atoms in total. The van der Waals surface area contributed by atoms with Crippen molar-refractivity contribution in [3.8, 4) is 0 Å². The minimum Gasteiger partial charge on any atom is -0.465 e. The third-order valence-corrected chi connectivity index (χ3v) is 4.92. The molecule has 21 heavy (non-hydrogen) atoms. The molecule has 1 N–H and O–H groups in total. The number of hydrogen-bond donors (Lipinski definition) is 1. The highest BCUT2D eigenvalue weighted by Gasteiger charge is 2.45. The summed E-state index contributed by atoms with van der Waals surface area (Å²) in [5.41, 5.74) is 0.848. The van der Waals surface area contributed by atoms with Gasteiger partial charge in [0.2, 0.25) is 0 Å². The SMILES string of the molecule is CCC1(c2noc3cc(Br)ccc23)CCCCN1C(=O)O. The van der Waals surface area contributed by atoms with Crippen LogP contribution in [-0.4, -0.2) is 27.8 Å². The zero-order valence-electron chi connectivity index (χ0n) is 11.8. The molecule has 0 aliphatic carbocycles. The standard InChI is InChI=1S/C15H17BrN2O3/c1-2-15(7-3-4-8-18(15)14(19)20)13-11-6-5-10(16)9-12(11)21-17-13/h5-6,9H,2-4,7-8H2,1H3,(H,19,20). The van der Waals surface area contributed by atoms with Crippen molar-refractivity contribution in [1.82, 2.24) is 10.1 Å². The van der Waals surface area contributed by atoms with E-state index in [1.807, 2.05) is 25.1 Å². The van der Waals surface area contributed by atoms with Gasteiger partial charge in [-0.25, -0.2) is 4.79 Å². The molecular formula is C15H17BrN2O3. The van der Waals surface area contributed by atoms with Crippen molar-refractivity contribution in [3.05, 3.63) is 28.4 Å². The van der Waals surface area contributed by atoms with E-state index in [2.05, 4.69) is 21.1 Å². The molecule has 1 fully saturated rings. The van der Waals surface area contributed by atoms with E-state index in [1.165, 1.54) is 4.90 Å². The van der Waals surface area contributed by atoms with Crippen LogP contribution in [0.2, 0.25) is 0 Å². The minimum atomic E-state index is -0.884. The summed E-state index contributed by atoms with van der Waals surface area (Å²) in [6.45, 7) is 2.56. The molecule has 3 rings (SSSR count). The van der Waals surface area contributed by atoms with E-state index in [0.717, 1.165) is 34.8 Å². The molecule has 1 aliphatic heterocycles. The van der Waals surface area contributed by atoms with Gasteiger partial charge in [-0.15, -0.1) is 0 Å². The Balaban J connectivity index is 2.18. The molecule has 0 spiro atoms. The van der Waals surface area contributed by atoms with Crippen molar-refractivity contribution >= 4 is 33.0 Å². The van der Waals surface area contributed by atoms with Crippen LogP contribution in [0.15, 0.2) is 27.2 Å². The maximum Gasteiger partial charge on any atom is 0.408 e. The highest BCUT2D eigenvalue weighted by molar-refractivity contribution is 9.10. The van der Waals surface area contributed by atoms with Gasteiger partial charge >= 0.3 is 6.09 Å². The number of halogens is 1. The minimum absolute atomic E-state index is 0.550. The fourth-order valence-electron chi connectivity index (χ4n) is 3.34. The lowest BCUT2D eigenvalue weighted by atomic mass is 9.80. The average Bonchev–Trinajstić information content (AvgIpc) is 2.90. The molecule has 1 aromatic carbocycles. The van der Waals surface area contributed by atoms with Gasteiger partial charge in [0.05, 0.1) is 5.54 Å². The smallest absolute Gasteiger partial charge is 0.408 e. The normalized spacial score (nSPS) is 22.7. The molecule has 2 heterocycles. The average molecular weight is 353 g/mol. The zero-order valence-corrected chi connectivity index (χ0v) is 13.4. The van der Waals surface area contributed by atoms with Crippen LogP contribution in [0, 0.1) is 0 Å². The van der Waals surface area contributed by atoms with Gasteiger partial charge in [0.15, 0.2) is 5.58 Å². The molecule has 112 valence electrons. The predicted molar refractivity (Wildman–Crippen MR) is 82.3 cm³/mol. The van der Waals surface area contributed by atoms with E-state index >= 15 is 0 Å². The molecule has 0 bridgehead atoms. The number of piperidine rings is 1. The summed E-state index contributed by atoms with van der Waals surface area (Å²) in [7, 11) is 0. The van der Waals surface area contributed by atoms with E-state index < -0.39 is 11.6 Å². The molecular weight excluding hydrogens is 336 g/mol. The highest BCUT2D eigenvalue weighted by atomic mass is 79.9. The first kappa shape index (κ1) is 14.4. The third-order valence-electron chi connectivity index (χ3n) is 4.43. The van der Waals surface area contributed by atoms with Gasteiger partial charge in [-0.05, 0) is 43.9 Å². The Bertz CT molecular complexity index is 685. The summed E-state index contributed by atoms with van der Waals surface area (Å²) in [6, 6.07) is 5.74. The Morgan fingerprint density at radius 2 is 2.33 bits per heavy atom. The van der Waals surface area contributed by atoms with Crippen LogP contribution in [0.25, 0.3) is 11.0 Å². The molecule has 1 aromatic heterocycles. The Morgan fingerprint density at radius 3 is 3.05 bits per heavy atom. The number of fused-ring (bicyclic) bond motifs is 1. The molecule has 1 aliphatic rings. The summed E-state index contributed by atoms with van der Waals surface area (Å²) in [5.74, 6) is 0. The number of amides is 1. The number of aromatic nitrogens is 1. The first-order valence-corrected chi connectivity index (χ1v) is 7.94. The van der Waals surface area contributed by atoms with E-state index in [1.54, 1.807) is 0 Å². The second-order valence-corrected chi connectivity index (χ2v) is 6.36. The topological polar surface area (TPSA) is 66.6 Å². The van der Waals surface area contributed by atoms with Crippen LogP contribution in [0.4, 0.5) is 4.79 Å². The maximum absolute atomic E-state index is 11.7. The van der Waals surface area contributed by atoms with Crippen molar-refractivity contribution in [1.29, 1.82) is 0 Å². The number of carboxylic acid groups (broad SMARTS) is 1. The summed E-state index contributed by atoms with van der Waals surface area (Å²) >= 11 is 3.41. The maximum atomic E-state index is 11.7. The van der Waals surface area contributed by atoms with Crippen LogP contribution in [0.3, 0.4) is 0 Å². The predicted octanol–water partition coefficient (Wildman–Crippen LogP) is 4.36. The Morgan fingerprint density at radius 1 is 1.52 bits per heavy atom. The molecule has 0 radical (unpaired) electrons. The Labute approximate surface area is 131 Å². The lowest BCUT2D eigenvalue weighted by Gasteiger charge is -2.44. The number of likely N-dealkylation sites (tertiary alicyclic amines) is 1. The quantitative estimate of drug-likeness (QED) is 0.871. The molecule has 0 saturated carbocycles. The first-order chi connectivity index (χ1) is 10.1. The van der Waals surface area contributed by atoms with E-state index in [0.29, 0.717) is 18.5 Å². The molecule has 6 heteroatoms. The van der Waals surface area contributed by atoms with Crippen LogP contribution in [0.5, 0.6) is 0 Å². The monoisotopic (exact) mass is 352 g/mol.